The molecule has 1 aliphatic heterocycles. The Morgan fingerprint density at radius 2 is 1.84 bits per heavy atom. The normalized spacial score (nSPS) is 15.2. The second kappa shape index (κ2) is 7.91. The van der Waals surface area contributed by atoms with Crippen LogP contribution >= 0.6 is 0 Å². The summed E-state index contributed by atoms with van der Waals surface area (Å²) in [5.74, 6) is 0.480. The van der Waals surface area contributed by atoms with E-state index in [9.17, 15) is 9.59 Å². The molecule has 1 aliphatic rings. The van der Waals surface area contributed by atoms with Crippen LogP contribution in [0.15, 0.2) is 72.8 Å². The van der Waals surface area contributed by atoms with Crippen LogP contribution in [0.1, 0.15) is 18.0 Å². The number of carbonyl (C=O) groups is 2. The number of amides is 2. The molecule has 8 nitrogen and oxygen atoms in total. The second-order valence-electron chi connectivity index (χ2n) is 7.23. The number of nitrogens with zero attached hydrogens (tertiary/aromatic N) is 3. The Balaban J connectivity index is 1.28. The summed E-state index contributed by atoms with van der Waals surface area (Å²) >= 11 is 0. The van der Waals surface area contributed by atoms with E-state index in [1.807, 2.05) is 72.8 Å². The average molecular weight is 413 g/mol. The van der Waals surface area contributed by atoms with E-state index in [0.29, 0.717) is 11.7 Å². The maximum atomic E-state index is 12.4. The van der Waals surface area contributed by atoms with Crippen molar-refractivity contribution in [3.8, 4) is 5.75 Å². The summed E-state index contributed by atoms with van der Waals surface area (Å²) in [6, 6.07) is 22.9. The number of benzene rings is 3. The van der Waals surface area contributed by atoms with Crippen LogP contribution in [0.5, 0.6) is 5.75 Å². The smallest absolute Gasteiger partial charge is 0.264 e. The Kier molecular flexibility index (Phi) is 4.80. The van der Waals surface area contributed by atoms with Gasteiger partial charge in [-0.15, -0.1) is 5.10 Å². The lowest BCUT2D eigenvalue weighted by Gasteiger charge is -2.23. The molecule has 0 radical (unpaired) electrons. The maximum Gasteiger partial charge on any atom is 0.264 e. The van der Waals surface area contributed by atoms with Gasteiger partial charge in [0, 0.05) is 0 Å². The highest BCUT2D eigenvalue weighted by atomic mass is 16.5. The molecular weight excluding hydrogens is 394 g/mol. The third kappa shape index (κ3) is 3.95. The van der Waals surface area contributed by atoms with Crippen molar-refractivity contribution in [3.05, 3.63) is 78.4 Å². The lowest BCUT2D eigenvalue weighted by molar-refractivity contribution is -0.118. The minimum absolute atomic E-state index is 0.116. The van der Waals surface area contributed by atoms with E-state index in [-0.39, 0.29) is 30.9 Å². The molecule has 1 aromatic heterocycles. The van der Waals surface area contributed by atoms with Gasteiger partial charge in [0.05, 0.1) is 12.5 Å². The quantitative estimate of drug-likeness (QED) is 0.523. The number of rotatable bonds is 5. The van der Waals surface area contributed by atoms with Crippen LogP contribution in [0.2, 0.25) is 0 Å². The van der Waals surface area contributed by atoms with E-state index < -0.39 is 5.91 Å². The summed E-state index contributed by atoms with van der Waals surface area (Å²) < 4.78 is 7.24. The molecule has 1 unspecified atom stereocenters. The molecule has 5 rings (SSSR count). The molecule has 1 atom stereocenters. The predicted molar refractivity (Wildman–Crippen MR) is 116 cm³/mol. The minimum Gasteiger partial charge on any atom is -0.484 e. The first-order chi connectivity index (χ1) is 15.2. The maximum absolute atomic E-state index is 12.4. The molecule has 0 spiro atoms. The third-order valence-electron chi connectivity index (χ3n) is 5.08. The summed E-state index contributed by atoms with van der Waals surface area (Å²) in [5, 5.41) is 11.8. The van der Waals surface area contributed by atoms with Crippen molar-refractivity contribution in [2.45, 2.75) is 12.5 Å². The number of ether oxygens (including phenoxy) is 1. The van der Waals surface area contributed by atoms with Crippen LogP contribution < -0.4 is 15.4 Å². The van der Waals surface area contributed by atoms with E-state index in [2.05, 4.69) is 20.7 Å². The summed E-state index contributed by atoms with van der Waals surface area (Å²) in [7, 11) is 0. The van der Waals surface area contributed by atoms with Crippen molar-refractivity contribution in [2.75, 3.05) is 17.2 Å². The summed E-state index contributed by atoms with van der Waals surface area (Å²) in [5.41, 5.74) is 0.945. The average Bonchev–Trinajstić information content (AvgIpc) is 3.19. The largest absolute Gasteiger partial charge is 0.484 e. The highest BCUT2D eigenvalue weighted by molar-refractivity contribution is 5.93. The first-order valence-corrected chi connectivity index (χ1v) is 9.88. The molecule has 0 saturated carbocycles. The fourth-order valence-corrected chi connectivity index (χ4v) is 3.62. The molecule has 4 aromatic rings. The fourth-order valence-electron chi connectivity index (χ4n) is 3.62. The first-order valence-electron chi connectivity index (χ1n) is 9.88. The Hall–Kier alpha value is -4.20. The predicted octanol–water partition coefficient (Wildman–Crippen LogP) is 3.38. The molecule has 8 heteroatoms. The minimum atomic E-state index is -0.390. The van der Waals surface area contributed by atoms with Crippen LogP contribution in [-0.2, 0) is 9.59 Å². The van der Waals surface area contributed by atoms with Crippen molar-refractivity contribution < 1.29 is 14.3 Å². The lowest BCUT2D eigenvalue weighted by atomic mass is 10.0. The highest BCUT2D eigenvalue weighted by Gasteiger charge is 2.29. The molecular formula is C23H19N5O3. The molecule has 2 N–H and O–H groups in total. The number of fused-ring (bicyclic) bond motifs is 2. The van der Waals surface area contributed by atoms with Crippen molar-refractivity contribution >= 4 is 34.5 Å². The van der Waals surface area contributed by atoms with Gasteiger partial charge >= 0.3 is 0 Å². The van der Waals surface area contributed by atoms with E-state index in [1.165, 1.54) is 0 Å². The monoisotopic (exact) mass is 413 g/mol. The van der Waals surface area contributed by atoms with Crippen molar-refractivity contribution in [2.24, 2.45) is 0 Å². The van der Waals surface area contributed by atoms with Crippen LogP contribution in [0.25, 0.3) is 10.8 Å². The van der Waals surface area contributed by atoms with Crippen LogP contribution in [-0.4, -0.2) is 33.2 Å². The standard InChI is InChI=1S/C23H19N5O3/c29-20-13-19(16-7-2-1-3-8-16)28-23(25-20)26-22(27-28)24-21(30)14-31-18-11-10-15-6-4-5-9-17(15)12-18/h1-12,19H,13-14H2,(H2,24,25,26,27,29,30). The van der Waals surface area contributed by atoms with Gasteiger partial charge < -0.3 is 4.74 Å². The molecule has 2 heterocycles. The zero-order chi connectivity index (χ0) is 21.2. The Morgan fingerprint density at radius 1 is 1.06 bits per heavy atom. The Morgan fingerprint density at radius 3 is 2.68 bits per heavy atom. The van der Waals surface area contributed by atoms with Gasteiger partial charge in [0.15, 0.2) is 6.61 Å². The summed E-state index contributed by atoms with van der Waals surface area (Å²) in [6.45, 7) is -0.184. The third-order valence-corrected chi connectivity index (χ3v) is 5.08. The zero-order valence-electron chi connectivity index (χ0n) is 16.5. The van der Waals surface area contributed by atoms with Crippen LogP contribution in [0, 0.1) is 0 Å². The van der Waals surface area contributed by atoms with E-state index in [0.717, 1.165) is 16.3 Å². The molecule has 154 valence electrons. The van der Waals surface area contributed by atoms with E-state index >= 15 is 0 Å². The molecule has 2 amide bonds. The Bertz CT molecular complexity index is 1270. The number of aromatic nitrogens is 3. The number of hydrogen-bond acceptors (Lipinski definition) is 5. The number of hydrogen-bond donors (Lipinski definition) is 2. The molecule has 0 fully saturated rings. The molecule has 31 heavy (non-hydrogen) atoms. The number of anilines is 2. The molecule has 0 bridgehead atoms. The molecule has 0 saturated heterocycles. The summed E-state index contributed by atoms with van der Waals surface area (Å²) in [4.78, 5) is 28.7. The SMILES string of the molecule is O=C(COc1ccc2ccccc2c1)Nc1nc2n(n1)C(c1ccccc1)CC(=O)N2. The van der Waals surface area contributed by atoms with E-state index in [4.69, 9.17) is 4.74 Å². The van der Waals surface area contributed by atoms with Gasteiger partial charge in [-0.1, -0.05) is 60.7 Å². The first kappa shape index (κ1) is 18.8. The van der Waals surface area contributed by atoms with E-state index in [1.54, 1.807) is 4.68 Å². The number of carbonyl (C=O) groups excluding carboxylic acids is 2. The molecule has 0 aliphatic carbocycles. The fraction of sp³-hybridized carbons (Fsp3) is 0.130. The zero-order valence-corrected chi connectivity index (χ0v) is 16.5. The van der Waals surface area contributed by atoms with Crippen molar-refractivity contribution in [1.82, 2.24) is 14.8 Å². The Labute approximate surface area is 177 Å². The van der Waals surface area contributed by atoms with Gasteiger partial charge in [0.25, 0.3) is 11.9 Å². The second-order valence-corrected chi connectivity index (χ2v) is 7.23. The molecule has 3 aromatic carbocycles. The van der Waals surface area contributed by atoms with Gasteiger partial charge in [-0.05, 0) is 28.5 Å². The topological polar surface area (TPSA) is 98.1 Å². The van der Waals surface area contributed by atoms with Gasteiger partial charge in [-0.25, -0.2) is 4.68 Å². The van der Waals surface area contributed by atoms with Crippen molar-refractivity contribution in [1.29, 1.82) is 0 Å². The lowest BCUT2D eigenvalue weighted by Crippen LogP contribution is -2.29. The van der Waals surface area contributed by atoms with Gasteiger partial charge in [0.2, 0.25) is 11.9 Å². The van der Waals surface area contributed by atoms with Gasteiger partial charge in [0.1, 0.15) is 5.75 Å². The van der Waals surface area contributed by atoms with Gasteiger partial charge in [-0.3, -0.25) is 20.2 Å². The number of nitrogens with one attached hydrogen (secondary N) is 2. The highest BCUT2D eigenvalue weighted by Crippen LogP contribution is 2.29. The van der Waals surface area contributed by atoms with Crippen molar-refractivity contribution in [3.63, 3.8) is 0 Å². The van der Waals surface area contributed by atoms with Gasteiger partial charge in [-0.2, -0.15) is 4.98 Å². The van der Waals surface area contributed by atoms with Crippen LogP contribution in [0.4, 0.5) is 11.9 Å². The van der Waals surface area contributed by atoms with Crippen LogP contribution in [0.3, 0.4) is 0 Å². The summed E-state index contributed by atoms with van der Waals surface area (Å²) in [6.07, 6.45) is 0.249.